The molecule has 0 fully saturated rings. The molecule has 0 spiro atoms. The zero-order valence-electron chi connectivity index (χ0n) is 10.2. The quantitative estimate of drug-likeness (QED) is 0.812. The Hall–Kier alpha value is -1.92. The van der Waals surface area contributed by atoms with E-state index in [1.807, 2.05) is 0 Å². The fraction of sp³-hybridized carbons (Fsp3) is 0.417. The van der Waals surface area contributed by atoms with Gasteiger partial charge >= 0.3 is 12.1 Å². The predicted octanol–water partition coefficient (Wildman–Crippen LogP) is 2.92. The number of halogens is 3. The Labute approximate surface area is 108 Å². The number of hydrogen-bond donors (Lipinski definition) is 2. The predicted molar refractivity (Wildman–Crippen MR) is 62.8 cm³/mol. The summed E-state index contributed by atoms with van der Waals surface area (Å²) in [4.78, 5) is 10.9. The van der Waals surface area contributed by atoms with Crippen LogP contribution in [0.4, 0.5) is 18.9 Å². The number of carboxylic acids is 1. The fourth-order valence-electron chi connectivity index (χ4n) is 1.52. The third-order valence-electron chi connectivity index (χ3n) is 2.40. The second-order valence-corrected chi connectivity index (χ2v) is 3.99. The van der Waals surface area contributed by atoms with Crippen LogP contribution in [0.1, 0.15) is 25.3 Å². The molecule has 0 saturated heterocycles. The molecule has 0 aliphatic rings. The summed E-state index contributed by atoms with van der Waals surface area (Å²) >= 11 is 0. The molecule has 3 N–H and O–H groups in total. The monoisotopic (exact) mass is 277 g/mol. The highest BCUT2D eigenvalue weighted by molar-refractivity contribution is 5.72. The van der Waals surface area contributed by atoms with Gasteiger partial charge in [-0.2, -0.15) is 13.2 Å². The number of benzene rings is 1. The molecule has 1 aromatic rings. The second-order valence-electron chi connectivity index (χ2n) is 3.99. The molecule has 0 aromatic heterocycles. The molecule has 0 aliphatic heterocycles. The summed E-state index contributed by atoms with van der Waals surface area (Å²) in [6.07, 6.45) is -5.36. The highest BCUT2D eigenvalue weighted by atomic mass is 19.4. The number of nitrogens with two attached hydrogens (primary N) is 1. The van der Waals surface area contributed by atoms with E-state index >= 15 is 0 Å². The normalized spacial score (nSPS) is 13.1. The number of hydrogen-bond acceptors (Lipinski definition) is 3. The fourth-order valence-corrected chi connectivity index (χ4v) is 1.52. The third-order valence-corrected chi connectivity index (χ3v) is 2.40. The Balaban J connectivity index is 3.09. The van der Waals surface area contributed by atoms with Crippen molar-refractivity contribution in [1.29, 1.82) is 0 Å². The second kappa shape index (κ2) is 5.81. The SMILES string of the molecule is CCCC(Oc1ccc(N)cc1C(F)(F)F)C(=O)O. The first-order valence-corrected chi connectivity index (χ1v) is 5.62. The highest BCUT2D eigenvalue weighted by Crippen LogP contribution is 2.38. The van der Waals surface area contributed by atoms with Crippen molar-refractivity contribution in [3.63, 3.8) is 0 Å². The Kier molecular flexibility index (Phi) is 4.63. The summed E-state index contributed by atoms with van der Waals surface area (Å²) in [5, 5.41) is 8.88. The van der Waals surface area contributed by atoms with Gasteiger partial charge in [0.25, 0.3) is 0 Å². The molecule has 19 heavy (non-hydrogen) atoms. The lowest BCUT2D eigenvalue weighted by Crippen LogP contribution is -2.27. The van der Waals surface area contributed by atoms with Crippen molar-refractivity contribution in [2.24, 2.45) is 0 Å². The first-order chi connectivity index (χ1) is 8.75. The molecule has 0 saturated carbocycles. The lowest BCUT2D eigenvalue weighted by Gasteiger charge is -2.18. The van der Waals surface area contributed by atoms with Gasteiger partial charge in [-0.05, 0) is 24.6 Å². The number of rotatable bonds is 5. The lowest BCUT2D eigenvalue weighted by molar-refractivity contribution is -0.148. The topological polar surface area (TPSA) is 72.5 Å². The van der Waals surface area contributed by atoms with Gasteiger partial charge in [0.2, 0.25) is 0 Å². The molecule has 0 amide bonds. The Morgan fingerprint density at radius 3 is 2.58 bits per heavy atom. The van der Waals surface area contributed by atoms with Crippen molar-refractivity contribution in [3.8, 4) is 5.75 Å². The molecule has 0 radical (unpaired) electrons. The molecule has 1 unspecified atom stereocenters. The number of carbonyl (C=O) groups is 1. The first-order valence-electron chi connectivity index (χ1n) is 5.62. The smallest absolute Gasteiger partial charge is 0.420 e. The average Bonchev–Trinajstić information content (AvgIpc) is 2.29. The maximum absolute atomic E-state index is 12.8. The molecule has 106 valence electrons. The van der Waals surface area contributed by atoms with E-state index in [4.69, 9.17) is 15.6 Å². The molecule has 1 rings (SSSR count). The molecule has 7 heteroatoms. The van der Waals surface area contributed by atoms with Crippen LogP contribution in [-0.4, -0.2) is 17.2 Å². The van der Waals surface area contributed by atoms with Gasteiger partial charge in [0.1, 0.15) is 5.75 Å². The first kappa shape index (κ1) is 15.1. The van der Waals surface area contributed by atoms with Crippen molar-refractivity contribution in [2.45, 2.75) is 32.0 Å². The van der Waals surface area contributed by atoms with Gasteiger partial charge in [0.05, 0.1) is 5.56 Å². The summed E-state index contributed by atoms with van der Waals surface area (Å²) in [6, 6.07) is 2.99. The largest absolute Gasteiger partial charge is 0.479 e. The van der Waals surface area contributed by atoms with Crippen molar-refractivity contribution < 1.29 is 27.8 Å². The van der Waals surface area contributed by atoms with E-state index in [1.165, 1.54) is 6.07 Å². The Bertz CT molecular complexity index is 460. The molecule has 0 bridgehead atoms. The van der Waals surface area contributed by atoms with Gasteiger partial charge in [0, 0.05) is 5.69 Å². The van der Waals surface area contributed by atoms with Crippen LogP contribution in [0.2, 0.25) is 0 Å². The van der Waals surface area contributed by atoms with E-state index in [9.17, 15) is 18.0 Å². The maximum atomic E-state index is 12.8. The molecular formula is C12H14F3NO3. The number of alkyl halides is 3. The van der Waals surface area contributed by atoms with Gasteiger partial charge in [-0.1, -0.05) is 13.3 Å². The van der Waals surface area contributed by atoms with Crippen LogP contribution >= 0.6 is 0 Å². The van der Waals surface area contributed by atoms with Crippen molar-refractivity contribution in [2.75, 3.05) is 5.73 Å². The van der Waals surface area contributed by atoms with Crippen LogP contribution in [0.5, 0.6) is 5.75 Å². The van der Waals surface area contributed by atoms with Crippen molar-refractivity contribution >= 4 is 11.7 Å². The minimum Gasteiger partial charge on any atom is -0.479 e. The van der Waals surface area contributed by atoms with Gasteiger partial charge in [-0.3, -0.25) is 0 Å². The number of aliphatic carboxylic acids is 1. The van der Waals surface area contributed by atoms with Gasteiger partial charge < -0.3 is 15.6 Å². The zero-order valence-corrected chi connectivity index (χ0v) is 10.2. The average molecular weight is 277 g/mol. The molecule has 0 heterocycles. The van der Waals surface area contributed by atoms with Crippen molar-refractivity contribution in [3.05, 3.63) is 23.8 Å². The molecule has 1 aromatic carbocycles. The summed E-state index contributed by atoms with van der Waals surface area (Å²) in [5.74, 6) is -1.82. The van der Waals surface area contributed by atoms with Crippen LogP contribution < -0.4 is 10.5 Å². The van der Waals surface area contributed by atoms with E-state index in [0.717, 1.165) is 12.1 Å². The number of ether oxygens (including phenoxy) is 1. The van der Waals surface area contributed by atoms with Crippen LogP contribution in [0, 0.1) is 0 Å². The number of nitrogen functional groups attached to an aromatic ring is 1. The summed E-state index contributed by atoms with van der Waals surface area (Å²) in [7, 11) is 0. The molecule has 1 atom stereocenters. The summed E-state index contributed by atoms with van der Waals surface area (Å²) < 4.78 is 43.3. The minimum absolute atomic E-state index is 0.0676. The van der Waals surface area contributed by atoms with Gasteiger partial charge in [0.15, 0.2) is 6.10 Å². The highest BCUT2D eigenvalue weighted by Gasteiger charge is 2.35. The Morgan fingerprint density at radius 1 is 1.47 bits per heavy atom. The van der Waals surface area contributed by atoms with Gasteiger partial charge in [-0.15, -0.1) is 0 Å². The number of anilines is 1. The van der Waals surface area contributed by atoms with Crippen LogP contribution in [-0.2, 0) is 11.0 Å². The summed E-state index contributed by atoms with van der Waals surface area (Å²) in [5.41, 5.74) is 4.16. The zero-order chi connectivity index (χ0) is 14.6. The van der Waals surface area contributed by atoms with E-state index in [-0.39, 0.29) is 12.1 Å². The van der Waals surface area contributed by atoms with Crippen LogP contribution in [0.25, 0.3) is 0 Å². The Morgan fingerprint density at radius 2 is 2.11 bits per heavy atom. The number of carboxylic acid groups (broad SMARTS) is 1. The summed E-state index contributed by atoms with van der Waals surface area (Å²) in [6.45, 7) is 1.72. The third kappa shape index (κ3) is 4.04. The van der Waals surface area contributed by atoms with E-state index in [2.05, 4.69) is 0 Å². The van der Waals surface area contributed by atoms with Crippen molar-refractivity contribution in [1.82, 2.24) is 0 Å². The van der Waals surface area contributed by atoms with Crippen LogP contribution in [0.15, 0.2) is 18.2 Å². The van der Waals surface area contributed by atoms with Gasteiger partial charge in [-0.25, -0.2) is 4.79 Å². The maximum Gasteiger partial charge on any atom is 0.420 e. The molecule has 0 aliphatic carbocycles. The molecular weight excluding hydrogens is 263 g/mol. The minimum atomic E-state index is -4.65. The van der Waals surface area contributed by atoms with E-state index < -0.39 is 29.6 Å². The van der Waals surface area contributed by atoms with Crippen LogP contribution in [0.3, 0.4) is 0 Å². The molecule has 4 nitrogen and oxygen atoms in total. The van der Waals surface area contributed by atoms with E-state index in [0.29, 0.717) is 6.42 Å². The van der Waals surface area contributed by atoms with E-state index in [1.54, 1.807) is 6.92 Å². The lowest BCUT2D eigenvalue weighted by atomic mass is 10.1. The standard InChI is InChI=1S/C12H14F3NO3/c1-2-3-10(11(17)18)19-9-5-4-7(16)6-8(9)12(13,14)15/h4-6,10H,2-3,16H2,1H3,(H,17,18).